The van der Waals surface area contributed by atoms with Crippen LogP contribution in [0.3, 0.4) is 0 Å². The Labute approximate surface area is 230 Å². The van der Waals surface area contributed by atoms with E-state index in [4.69, 9.17) is 18.3 Å². The number of methoxy groups -OCH3 is 1. The summed E-state index contributed by atoms with van der Waals surface area (Å²) in [6.07, 6.45) is -0.107. The van der Waals surface area contributed by atoms with Gasteiger partial charge in [-0.05, 0) is 29.4 Å². The van der Waals surface area contributed by atoms with Crippen molar-refractivity contribution in [2.75, 3.05) is 7.11 Å². The quantitative estimate of drug-likeness (QED) is 0.320. The van der Waals surface area contributed by atoms with Gasteiger partial charge in [-0.3, -0.25) is 18.9 Å². The molecular weight excluding hydrogens is 530 g/mol. The molecule has 12 heteroatoms. The molecule has 1 aromatic carbocycles. The van der Waals surface area contributed by atoms with Crippen molar-refractivity contribution in [1.82, 2.24) is 9.55 Å². The summed E-state index contributed by atoms with van der Waals surface area (Å²) in [7, 11) is -1.10. The first kappa shape index (κ1) is 33.1. The Balaban J connectivity index is 0.00000260. The number of benzene rings is 1. The molecule has 3 atom stereocenters. The van der Waals surface area contributed by atoms with Crippen molar-refractivity contribution >= 4 is 8.60 Å². The van der Waals surface area contributed by atoms with E-state index in [-0.39, 0.29) is 24.3 Å². The maximum atomic E-state index is 15.5. The van der Waals surface area contributed by atoms with Gasteiger partial charge in [0.1, 0.15) is 17.7 Å². The molecule has 220 valence electrons. The van der Waals surface area contributed by atoms with Gasteiger partial charge >= 0.3 is 20.3 Å². The number of ether oxygens (including phenoxy) is 1. The molecule has 2 heterocycles. The van der Waals surface area contributed by atoms with E-state index in [9.17, 15) is 19.8 Å². The van der Waals surface area contributed by atoms with Gasteiger partial charge in [0.25, 0.3) is 5.56 Å². The molecular formula is C27H42FN2O8P. The van der Waals surface area contributed by atoms with Crippen molar-refractivity contribution in [2.24, 2.45) is 0 Å². The van der Waals surface area contributed by atoms with Crippen molar-refractivity contribution in [2.45, 2.75) is 104 Å². The highest BCUT2D eigenvalue weighted by Gasteiger charge is 2.44. The minimum atomic E-state index is -2.87. The zero-order chi connectivity index (χ0) is 29.9. The van der Waals surface area contributed by atoms with Crippen LogP contribution in [0.1, 0.15) is 91.5 Å². The molecule has 2 aromatic rings. The number of H-pyrrole nitrogens is 1. The monoisotopic (exact) mass is 572 g/mol. The average Bonchev–Trinajstić information content (AvgIpc) is 2.81. The Morgan fingerprint density at radius 2 is 1.72 bits per heavy atom. The van der Waals surface area contributed by atoms with E-state index in [1.807, 2.05) is 55.4 Å². The average molecular weight is 573 g/mol. The van der Waals surface area contributed by atoms with Crippen LogP contribution in [0.25, 0.3) is 0 Å². The second-order valence-corrected chi connectivity index (χ2v) is 12.3. The van der Waals surface area contributed by atoms with Crippen molar-refractivity contribution < 1.29 is 32.9 Å². The molecule has 0 amide bonds. The summed E-state index contributed by atoms with van der Waals surface area (Å²) in [4.78, 5) is 25.6. The molecule has 0 spiro atoms. The third kappa shape index (κ3) is 7.74. The minimum Gasteiger partial charge on any atom is -0.426 e. The van der Waals surface area contributed by atoms with Gasteiger partial charge in [0.2, 0.25) is 0 Å². The number of fused-ring (bicyclic) bond motifs is 1. The van der Waals surface area contributed by atoms with Gasteiger partial charge in [-0.1, -0.05) is 55.4 Å². The summed E-state index contributed by atoms with van der Waals surface area (Å²) in [5, 5.41) is 21.5. The van der Waals surface area contributed by atoms with E-state index in [0.717, 1.165) is 5.56 Å². The lowest BCUT2D eigenvalue weighted by molar-refractivity contribution is -0.345. The van der Waals surface area contributed by atoms with E-state index in [1.165, 1.54) is 23.9 Å². The molecule has 0 bridgehead atoms. The normalized spacial score (nSPS) is 17.4. The van der Waals surface area contributed by atoms with Crippen molar-refractivity contribution in [1.29, 1.82) is 0 Å². The smallest absolute Gasteiger partial charge is 0.402 e. The van der Waals surface area contributed by atoms with E-state index in [2.05, 4.69) is 4.98 Å². The van der Waals surface area contributed by atoms with Gasteiger partial charge in [-0.2, -0.15) is 0 Å². The van der Waals surface area contributed by atoms with E-state index < -0.39 is 54.6 Å². The first-order chi connectivity index (χ1) is 18.0. The largest absolute Gasteiger partial charge is 0.426 e. The van der Waals surface area contributed by atoms with Crippen molar-refractivity contribution in [3.8, 4) is 5.75 Å². The minimum absolute atomic E-state index is 0.0774. The Morgan fingerprint density at radius 1 is 1.13 bits per heavy atom. The topological polar surface area (TPSA) is 132 Å². The molecule has 3 N–H and O–H groups in total. The van der Waals surface area contributed by atoms with Crippen LogP contribution in [-0.2, 0) is 31.2 Å². The second-order valence-electron chi connectivity index (χ2n) is 11.3. The maximum absolute atomic E-state index is 15.5. The number of hydrogen-bond acceptors (Lipinski definition) is 8. The molecule has 0 radical (unpaired) electrons. The molecule has 0 fully saturated rings. The number of nitrogens with one attached hydrogen (secondary N) is 1. The van der Waals surface area contributed by atoms with E-state index in [0.29, 0.717) is 5.56 Å². The predicted molar refractivity (Wildman–Crippen MR) is 147 cm³/mol. The second kappa shape index (κ2) is 12.6. The standard InChI is InChI=1S/C25H36FN2O8P.C2H6/c1-14(28-10-9-19(29)27-22(28)30)11-18(33-8)25(31,32)36-37-34-13-15-20(26)16(23(2,3)4)12-17(21(15)35-37)24(5,6)7;1-2/h9-10,12,14,18,31-32H,11,13H2,1-8H3,(H,27,29,30);1-2H3. The van der Waals surface area contributed by atoms with Crippen LogP contribution in [0, 0.1) is 5.82 Å². The molecule has 3 unspecified atom stereocenters. The van der Waals surface area contributed by atoms with Crippen LogP contribution in [0.5, 0.6) is 5.75 Å². The van der Waals surface area contributed by atoms with Crippen LogP contribution in [0.15, 0.2) is 27.9 Å². The Morgan fingerprint density at radius 3 is 2.23 bits per heavy atom. The summed E-state index contributed by atoms with van der Waals surface area (Å²) in [5.74, 6) is -3.04. The zero-order valence-electron chi connectivity index (χ0n) is 24.4. The van der Waals surface area contributed by atoms with E-state index in [1.54, 1.807) is 13.0 Å². The fourth-order valence-corrected chi connectivity index (χ4v) is 5.14. The third-order valence-corrected chi connectivity index (χ3v) is 7.29. The van der Waals surface area contributed by atoms with Crippen LogP contribution in [0.4, 0.5) is 4.39 Å². The fourth-order valence-electron chi connectivity index (χ4n) is 4.07. The van der Waals surface area contributed by atoms with Crippen molar-refractivity contribution in [3.63, 3.8) is 0 Å². The third-order valence-electron chi connectivity index (χ3n) is 6.20. The van der Waals surface area contributed by atoms with Gasteiger partial charge in [0, 0.05) is 37.4 Å². The highest BCUT2D eigenvalue weighted by atomic mass is 31.2. The maximum Gasteiger partial charge on any atom is 0.402 e. The first-order valence-electron chi connectivity index (χ1n) is 12.9. The highest BCUT2D eigenvalue weighted by molar-refractivity contribution is 7.42. The number of rotatable bonds is 7. The van der Waals surface area contributed by atoms with Crippen LogP contribution >= 0.6 is 8.60 Å². The molecule has 0 saturated carbocycles. The number of aliphatic hydroxyl groups is 2. The lowest BCUT2D eigenvalue weighted by Crippen LogP contribution is -2.47. The van der Waals surface area contributed by atoms with Gasteiger partial charge in [0.15, 0.2) is 0 Å². The summed E-state index contributed by atoms with van der Waals surface area (Å²) in [5.41, 5.74) is -0.559. The van der Waals surface area contributed by atoms with E-state index >= 15 is 4.39 Å². The van der Waals surface area contributed by atoms with Gasteiger partial charge in [-0.25, -0.2) is 13.7 Å². The first-order valence-corrected chi connectivity index (χ1v) is 14.0. The molecule has 10 nitrogen and oxygen atoms in total. The predicted octanol–water partition coefficient (Wildman–Crippen LogP) is 4.75. The lowest BCUT2D eigenvalue weighted by Gasteiger charge is -2.36. The zero-order valence-corrected chi connectivity index (χ0v) is 25.3. The molecule has 1 aliphatic heterocycles. The lowest BCUT2D eigenvalue weighted by atomic mass is 9.78. The van der Waals surface area contributed by atoms with Gasteiger partial charge < -0.3 is 19.5 Å². The van der Waals surface area contributed by atoms with Gasteiger partial charge in [-0.15, -0.1) is 0 Å². The number of halogens is 1. The molecule has 3 rings (SSSR count). The summed E-state index contributed by atoms with van der Waals surface area (Å²) < 4.78 is 38.9. The van der Waals surface area contributed by atoms with Crippen LogP contribution in [-0.4, -0.2) is 39.0 Å². The number of nitrogens with zero attached hydrogens (tertiary/aromatic N) is 1. The fraction of sp³-hybridized carbons (Fsp3) is 0.630. The molecule has 39 heavy (non-hydrogen) atoms. The SMILES string of the molecule is CC.COC(CC(C)n1ccc(=O)[nH]c1=O)C(O)(O)OP1OCc2c(F)c(C(C)(C)C)cc(C(C)(C)C)c2O1. The summed E-state index contributed by atoms with van der Waals surface area (Å²) in [6, 6.07) is 2.36. The van der Waals surface area contributed by atoms with Gasteiger partial charge in [0.05, 0.1) is 12.2 Å². The summed E-state index contributed by atoms with van der Waals surface area (Å²) >= 11 is 0. The molecule has 0 aliphatic carbocycles. The Hall–Kier alpha value is -2.14. The van der Waals surface area contributed by atoms with Crippen LogP contribution in [0.2, 0.25) is 0 Å². The number of aromatic amines is 1. The van der Waals surface area contributed by atoms with Crippen LogP contribution < -0.4 is 15.8 Å². The summed E-state index contributed by atoms with van der Waals surface area (Å²) in [6.45, 7) is 17.1. The molecule has 1 aromatic heterocycles. The Kier molecular flexibility index (Phi) is 10.7. The van der Waals surface area contributed by atoms with Crippen molar-refractivity contribution in [3.05, 3.63) is 61.7 Å². The molecule has 1 aliphatic rings. The highest BCUT2D eigenvalue weighted by Crippen LogP contribution is 2.54. The Bertz CT molecular complexity index is 1250. The number of hydrogen-bond donors (Lipinski definition) is 3. The molecule has 0 saturated heterocycles. The number of aromatic nitrogens is 2.